The van der Waals surface area contributed by atoms with Crippen molar-refractivity contribution in [3.8, 4) is 5.75 Å². The molecule has 1 saturated heterocycles. The summed E-state index contributed by atoms with van der Waals surface area (Å²) >= 11 is 8.57. The van der Waals surface area contributed by atoms with E-state index in [1.165, 1.54) is 17.3 Å². The molecule has 7 heteroatoms. The minimum atomic E-state index is -0.133. The molecule has 0 saturated carbocycles. The van der Waals surface area contributed by atoms with Crippen molar-refractivity contribution in [2.24, 2.45) is 4.99 Å². The summed E-state index contributed by atoms with van der Waals surface area (Å²) in [5.74, 6) is 0.538. The van der Waals surface area contributed by atoms with Gasteiger partial charge in [0, 0.05) is 10.0 Å². The number of aryl methyl sites for hydroxylation is 1. The van der Waals surface area contributed by atoms with Crippen LogP contribution in [-0.4, -0.2) is 11.1 Å². The molecular formula is C30H22Br2N2O2S. The van der Waals surface area contributed by atoms with Gasteiger partial charge in [-0.25, -0.2) is 4.99 Å². The summed E-state index contributed by atoms with van der Waals surface area (Å²) in [7, 11) is 0. The number of amidine groups is 1. The van der Waals surface area contributed by atoms with E-state index in [2.05, 4.69) is 63.0 Å². The highest BCUT2D eigenvalue weighted by Gasteiger charge is 2.35. The second-order valence-corrected chi connectivity index (χ2v) is 11.2. The smallest absolute Gasteiger partial charge is 0.271 e. The minimum Gasteiger partial charge on any atom is -0.487 e. The van der Waals surface area contributed by atoms with Crippen LogP contribution in [0.4, 0.5) is 11.4 Å². The standard InChI is InChI=1S/C30H22Br2N2O2S/c1-20-12-14-21(15-13-20)19-36-28-22(16-23(31)18-26(28)32)17-27-29(35)34(25-10-6-3-7-11-25)30(37-27)33-24-8-4-2-5-9-24/h2-18H,19H2,1H3/b27-17+,33-30?. The molecule has 0 aromatic heterocycles. The first-order valence-electron chi connectivity index (χ1n) is 11.6. The molecule has 0 spiro atoms. The van der Waals surface area contributed by atoms with Crippen LogP contribution in [0.3, 0.4) is 0 Å². The maximum absolute atomic E-state index is 13.7. The number of hydrogen-bond donors (Lipinski definition) is 0. The molecule has 4 nitrogen and oxygen atoms in total. The Balaban J connectivity index is 1.52. The number of hydrogen-bond acceptors (Lipinski definition) is 4. The van der Waals surface area contributed by atoms with Crippen LogP contribution in [0.15, 0.2) is 116 Å². The number of halogens is 2. The van der Waals surface area contributed by atoms with Gasteiger partial charge >= 0.3 is 0 Å². The van der Waals surface area contributed by atoms with Crippen molar-refractivity contribution in [1.29, 1.82) is 0 Å². The maximum atomic E-state index is 13.7. The van der Waals surface area contributed by atoms with E-state index in [9.17, 15) is 4.79 Å². The largest absolute Gasteiger partial charge is 0.487 e. The number of para-hydroxylation sites is 2. The Labute approximate surface area is 237 Å². The third-order valence-corrected chi connectivity index (χ3v) is 7.64. The summed E-state index contributed by atoms with van der Waals surface area (Å²) in [5.41, 5.74) is 4.61. The predicted molar refractivity (Wildman–Crippen MR) is 160 cm³/mol. The molecular weight excluding hydrogens is 612 g/mol. The molecule has 1 amide bonds. The summed E-state index contributed by atoms with van der Waals surface area (Å²) in [6.07, 6.45) is 1.87. The summed E-state index contributed by atoms with van der Waals surface area (Å²) in [6.45, 7) is 2.47. The molecule has 1 heterocycles. The number of thioether (sulfide) groups is 1. The second-order valence-electron chi connectivity index (χ2n) is 8.40. The highest BCUT2D eigenvalue weighted by molar-refractivity contribution is 9.11. The number of aliphatic imine (C=N–C) groups is 1. The molecule has 0 radical (unpaired) electrons. The number of benzene rings is 4. The van der Waals surface area contributed by atoms with E-state index in [0.717, 1.165) is 31.4 Å². The molecule has 0 atom stereocenters. The third kappa shape index (κ3) is 6.06. The monoisotopic (exact) mass is 632 g/mol. The van der Waals surface area contributed by atoms with Crippen molar-refractivity contribution >= 4 is 72.1 Å². The van der Waals surface area contributed by atoms with Crippen LogP contribution in [0.5, 0.6) is 5.75 Å². The number of anilines is 1. The van der Waals surface area contributed by atoms with Crippen molar-refractivity contribution in [2.75, 3.05) is 4.90 Å². The minimum absolute atomic E-state index is 0.133. The lowest BCUT2D eigenvalue weighted by molar-refractivity contribution is -0.113. The fourth-order valence-corrected chi connectivity index (χ4v) is 6.15. The topological polar surface area (TPSA) is 41.9 Å². The molecule has 37 heavy (non-hydrogen) atoms. The highest BCUT2D eigenvalue weighted by Crippen LogP contribution is 2.40. The van der Waals surface area contributed by atoms with E-state index >= 15 is 0 Å². The normalized spacial score (nSPS) is 15.5. The van der Waals surface area contributed by atoms with Gasteiger partial charge in [0.05, 0.1) is 20.8 Å². The molecule has 4 aromatic rings. The fourth-order valence-electron chi connectivity index (χ4n) is 3.79. The average Bonchev–Trinajstić information content (AvgIpc) is 3.19. The number of amides is 1. The molecule has 1 aliphatic rings. The molecule has 0 aliphatic carbocycles. The molecule has 5 rings (SSSR count). The molecule has 1 fully saturated rings. The summed E-state index contributed by atoms with van der Waals surface area (Å²) in [6, 6.07) is 31.4. The van der Waals surface area contributed by atoms with Gasteiger partial charge in [-0.2, -0.15) is 0 Å². The zero-order valence-corrected chi connectivity index (χ0v) is 23.9. The Morgan fingerprint density at radius 3 is 2.30 bits per heavy atom. The zero-order valence-electron chi connectivity index (χ0n) is 19.9. The van der Waals surface area contributed by atoms with Crippen LogP contribution >= 0.6 is 43.6 Å². The van der Waals surface area contributed by atoms with Gasteiger partial charge in [0.2, 0.25) is 0 Å². The first kappa shape index (κ1) is 25.5. The lowest BCUT2D eigenvalue weighted by atomic mass is 10.1. The third-order valence-electron chi connectivity index (χ3n) is 5.63. The van der Waals surface area contributed by atoms with Gasteiger partial charge in [-0.3, -0.25) is 9.69 Å². The van der Waals surface area contributed by atoms with Gasteiger partial charge in [0.1, 0.15) is 12.4 Å². The van der Waals surface area contributed by atoms with E-state index < -0.39 is 0 Å². The van der Waals surface area contributed by atoms with Crippen LogP contribution < -0.4 is 9.64 Å². The van der Waals surface area contributed by atoms with Crippen molar-refractivity contribution < 1.29 is 9.53 Å². The maximum Gasteiger partial charge on any atom is 0.271 e. The Morgan fingerprint density at radius 1 is 0.919 bits per heavy atom. The summed E-state index contributed by atoms with van der Waals surface area (Å²) in [5, 5.41) is 0.602. The van der Waals surface area contributed by atoms with E-state index in [0.29, 0.717) is 22.4 Å². The van der Waals surface area contributed by atoms with Gasteiger partial charge in [0.15, 0.2) is 5.17 Å². The Morgan fingerprint density at radius 2 is 1.59 bits per heavy atom. The van der Waals surface area contributed by atoms with Crippen LogP contribution in [0.25, 0.3) is 6.08 Å². The van der Waals surface area contributed by atoms with E-state index in [-0.39, 0.29) is 5.91 Å². The number of carbonyl (C=O) groups excluding carboxylic acids is 1. The zero-order chi connectivity index (χ0) is 25.8. The summed E-state index contributed by atoms with van der Waals surface area (Å²) in [4.78, 5) is 20.7. The lowest BCUT2D eigenvalue weighted by Crippen LogP contribution is -2.28. The van der Waals surface area contributed by atoms with Crippen LogP contribution in [0.2, 0.25) is 0 Å². The van der Waals surface area contributed by atoms with Gasteiger partial charge in [-0.1, -0.05) is 82.2 Å². The van der Waals surface area contributed by atoms with Crippen LogP contribution in [0.1, 0.15) is 16.7 Å². The number of rotatable bonds is 6. The Hall–Kier alpha value is -3.13. The van der Waals surface area contributed by atoms with Gasteiger partial charge in [-0.05, 0) is 82.7 Å². The van der Waals surface area contributed by atoms with E-state index in [1.807, 2.05) is 78.9 Å². The average molecular weight is 634 g/mol. The van der Waals surface area contributed by atoms with E-state index in [1.54, 1.807) is 4.90 Å². The number of ether oxygens (including phenoxy) is 1. The Kier molecular flexibility index (Phi) is 7.93. The first-order chi connectivity index (χ1) is 18.0. The van der Waals surface area contributed by atoms with Crippen molar-refractivity contribution in [1.82, 2.24) is 0 Å². The first-order valence-corrected chi connectivity index (χ1v) is 14.0. The van der Waals surface area contributed by atoms with Crippen molar-refractivity contribution in [3.63, 3.8) is 0 Å². The quantitative estimate of drug-likeness (QED) is 0.199. The van der Waals surface area contributed by atoms with Crippen molar-refractivity contribution in [3.05, 3.63) is 128 Å². The molecule has 1 aliphatic heterocycles. The molecule has 0 unspecified atom stereocenters. The van der Waals surface area contributed by atoms with Crippen LogP contribution in [-0.2, 0) is 11.4 Å². The lowest BCUT2D eigenvalue weighted by Gasteiger charge is -2.15. The number of carbonyl (C=O) groups is 1. The van der Waals surface area contributed by atoms with Gasteiger partial charge in [0.25, 0.3) is 5.91 Å². The Bertz CT molecular complexity index is 1490. The number of nitrogens with zero attached hydrogens (tertiary/aromatic N) is 2. The second kappa shape index (κ2) is 11.5. The highest BCUT2D eigenvalue weighted by atomic mass is 79.9. The predicted octanol–water partition coefficient (Wildman–Crippen LogP) is 8.91. The van der Waals surface area contributed by atoms with Crippen molar-refractivity contribution in [2.45, 2.75) is 13.5 Å². The van der Waals surface area contributed by atoms with Gasteiger partial charge < -0.3 is 4.74 Å². The molecule has 184 valence electrons. The fraction of sp³-hybridized carbons (Fsp3) is 0.0667. The summed E-state index contributed by atoms with van der Waals surface area (Å²) < 4.78 is 7.93. The van der Waals surface area contributed by atoms with Gasteiger partial charge in [-0.15, -0.1) is 0 Å². The van der Waals surface area contributed by atoms with E-state index in [4.69, 9.17) is 9.73 Å². The van der Waals surface area contributed by atoms with Crippen LogP contribution in [0, 0.1) is 6.92 Å². The molecule has 4 aromatic carbocycles. The molecule has 0 bridgehead atoms. The SMILES string of the molecule is Cc1ccc(COc2c(Br)cc(Br)cc2/C=C2/SC(=Nc3ccccc3)N(c3ccccc3)C2=O)cc1. The molecule has 0 N–H and O–H groups in total.